The number of aromatic nitrogens is 1. The van der Waals surface area contributed by atoms with Gasteiger partial charge in [-0.15, -0.1) is 0 Å². The van der Waals surface area contributed by atoms with Gasteiger partial charge in [-0.25, -0.2) is 0 Å². The van der Waals surface area contributed by atoms with Crippen molar-refractivity contribution < 1.29 is 0 Å². The molecule has 0 N–H and O–H groups in total. The predicted octanol–water partition coefficient (Wildman–Crippen LogP) is 4.47. The molecule has 3 heteroatoms. The van der Waals surface area contributed by atoms with Crippen molar-refractivity contribution >= 4 is 34.3 Å². The first kappa shape index (κ1) is 11.9. The third-order valence-electron chi connectivity index (χ3n) is 2.67. The molecule has 2 aromatic rings. The standard InChI is InChI=1S/C13H16ClNS/c1-9(2)16-8-11-7-10-5-4-6-12(14)13(10)15(11)3/h4-7,9H,8H2,1-3H3. The Bertz CT molecular complexity index is 502. The Hall–Kier alpha value is -0.600. The van der Waals surface area contributed by atoms with Crippen molar-refractivity contribution in [2.45, 2.75) is 24.9 Å². The van der Waals surface area contributed by atoms with Crippen LogP contribution in [-0.2, 0) is 12.8 Å². The third kappa shape index (κ3) is 2.23. The van der Waals surface area contributed by atoms with Crippen molar-refractivity contribution in [1.82, 2.24) is 4.57 Å². The van der Waals surface area contributed by atoms with E-state index in [2.05, 4.69) is 37.6 Å². The van der Waals surface area contributed by atoms with Crippen molar-refractivity contribution in [3.63, 3.8) is 0 Å². The van der Waals surface area contributed by atoms with E-state index in [1.165, 1.54) is 11.1 Å². The molecule has 2 rings (SSSR count). The molecule has 0 radical (unpaired) electrons. The van der Waals surface area contributed by atoms with E-state index in [9.17, 15) is 0 Å². The number of benzene rings is 1. The summed E-state index contributed by atoms with van der Waals surface area (Å²) in [6.07, 6.45) is 0. The van der Waals surface area contributed by atoms with Crippen molar-refractivity contribution in [1.29, 1.82) is 0 Å². The van der Waals surface area contributed by atoms with Gasteiger partial charge < -0.3 is 4.57 Å². The normalized spacial score (nSPS) is 11.6. The fourth-order valence-corrected chi connectivity index (χ4v) is 2.90. The Morgan fingerprint density at radius 2 is 2.12 bits per heavy atom. The van der Waals surface area contributed by atoms with Crippen LogP contribution in [0.15, 0.2) is 24.3 Å². The summed E-state index contributed by atoms with van der Waals surface area (Å²) in [6, 6.07) is 8.30. The van der Waals surface area contributed by atoms with E-state index in [0.717, 1.165) is 16.3 Å². The first-order chi connectivity index (χ1) is 7.59. The lowest BCUT2D eigenvalue weighted by Crippen LogP contribution is -1.96. The van der Waals surface area contributed by atoms with Gasteiger partial charge in [-0.2, -0.15) is 11.8 Å². The molecular weight excluding hydrogens is 238 g/mol. The molecule has 1 aromatic carbocycles. The van der Waals surface area contributed by atoms with Crippen molar-refractivity contribution in [2.24, 2.45) is 7.05 Å². The Morgan fingerprint density at radius 1 is 1.38 bits per heavy atom. The third-order valence-corrected chi connectivity index (χ3v) is 4.10. The van der Waals surface area contributed by atoms with Crippen molar-refractivity contribution in [3.05, 3.63) is 35.0 Å². The summed E-state index contributed by atoms with van der Waals surface area (Å²) in [7, 11) is 2.09. The number of aryl methyl sites for hydroxylation is 1. The van der Waals surface area contributed by atoms with Crippen LogP contribution in [0.2, 0.25) is 5.02 Å². The minimum absolute atomic E-state index is 0.661. The van der Waals surface area contributed by atoms with E-state index in [-0.39, 0.29) is 0 Å². The molecule has 86 valence electrons. The minimum atomic E-state index is 0.661. The number of thioether (sulfide) groups is 1. The summed E-state index contributed by atoms with van der Waals surface area (Å²) in [5.41, 5.74) is 2.48. The number of fused-ring (bicyclic) bond motifs is 1. The molecule has 0 unspecified atom stereocenters. The fourth-order valence-electron chi connectivity index (χ4n) is 1.81. The van der Waals surface area contributed by atoms with Crippen LogP contribution < -0.4 is 0 Å². The second kappa shape index (κ2) is 4.72. The van der Waals surface area contributed by atoms with E-state index in [1.54, 1.807) is 0 Å². The highest BCUT2D eigenvalue weighted by Gasteiger charge is 2.08. The molecular formula is C13H16ClNS. The molecule has 1 nitrogen and oxygen atoms in total. The van der Waals surface area contributed by atoms with Crippen LogP contribution >= 0.6 is 23.4 Å². The van der Waals surface area contributed by atoms with Gasteiger partial charge in [-0.1, -0.05) is 37.6 Å². The Kier molecular flexibility index (Phi) is 3.50. The summed E-state index contributed by atoms with van der Waals surface area (Å²) in [4.78, 5) is 0. The zero-order valence-electron chi connectivity index (χ0n) is 9.83. The number of hydrogen-bond acceptors (Lipinski definition) is 1. The molecule has 0 aliphatic carbocycles. The lowest BCUT2D eigenvalue weighted by Gasteiger charge is -2.06. The van der Waals surface area contributed by atoms with Crippen LogP contribution in [0.3, 0.4) is 0 Å². The van der Waals surface area contributed by atoms with E-state index >= 15 is 0 Å². The first-order valence-electron chi connectivity index (χ1n) is 5.44. The summed E-state index contributed by atoms with van der Waals surface area (Å²) < 4.78 is 2.20. The number of para-hydroxylation sites is 1. The van der Waals surface area contributed by atoms with Crippen LogP contribution in [-0.4, -0.2) is 9.82 Å². The van der Waals surface area contributed by atoms with Gasteiger partial charge in [0.05, 0.1) is 10.5 Å². The van der Waals surface area contributed by atoms with E-state index in [0.29, 0.717) is 5.25 Å². The maximum atomic E-state index is 6.21. The summed E-state index contributed by atoms with van der Waals surface area (Å²) in [5.74, 6) is 1.04. The van der Waals surface area contributed by atoms with Crippen LogP contribution in [0.5, 0.6) is 0 Å². The van der Waals surface area contributed by atoms with Crippen molar-refractivity contribution in [2.75, 3.05) is 0 Å². The molecule has 1 heterocycles. The number of hydrogen-bond donors (Lipinski definition) is 0. The SMILES string of the molecule is CC(C)SCc1cc2cccc(Cl)c2n1C. The van der Waals surface area contributed by atoms with Crippen LogP contribution in [0.25, 0.3) is 10.9 Å². The lowest BCUT2D eigenvalue weighted by atomic mass is 10.2. The summed E-state index contributed by atoms with van der Waals surface area (Å²) in [6.45, 7) is 4.45. The van der Waals surface area contributed by atoms with Gasteiger partial charge in [0.15, 0.2) is 0 Å². The second-order valence-electron chi connectivity index (χ2n) is 4.23. The summed E-state index contributed by atoms with van der Waals surface area (Å²) >= 11 is 8.17. The maximum Gasteiger partial charge on any atom is 0.0669 e. The molecule has 0 amide bonds. The molecule has 16 heavy (non-hydrogen) atoms. The average Bonchev–Trinajstić information content (AvgIpc) is 2.54. The topological polar surface area (TPSA) is 4.93 Å². The van der Waals surface area contributed by atoms with Gasteiger partial charge >= 0.3 is 0 Å². The van der Waals surface area contributed by atoms with E-state index in [4.69, 9.17) is 11.6 Å². The number of halogens is 1. The van der Waals surface area contributed by atoms with E-state index < -0.39 is 0 Å². The van der Waals surface area contributed by atoms with Crippen LogP contribution in [0.1, 0.15) is 19.5 Å². The predicted molar refractivity (Wildman–Crippen MR) is 74.4 cm³/mol. The number of nitrogens with zero attached hydrogens (tertiary/aromatic N) is 1. The lowest BCUT2D eigenvalue weighted by molar-refractivity contribution is 0.907. The molecule has 0 fully saturated rings. The molecule has 0 saturated heterocycles. The smallest absolute Gasteiger partial charge is 0.0669 e. The number of rotatable bonds is 3. The Labute approximate surface area is 106 Å². The van der Waals surface area contributed by atoms with Gasteiger partial charge in [-0.05, 0) is 17.4 Å². The highest BCUT2D eigenvalue weighted by Crippen LogP contribution is 2.28. The average molecular weight is 254 g/mol. The molecule has 0 bridgehead atoms. The Morgan fingerprint density at radius 3 is 2.75 bits per heavy atom. The Balaban J connectivity index is 2.40. The van der Waals surface area contributed by atoms with E-state index in [1.807, 2.05) is 23.9 Å². The maximum absolute atomic E-state index is 6.21. The van der Waals surface area contributed by atoms with Crippen molar-refractivity contribution in [3.8, 4) is 0 Å². The molecule has 0 saturated carbocycles. The molecule has 0 aliphatic heterocycles. The quantitative estimate of drug-likeness (QED) is 0.781. The molecule has 0 atom stereocenters. The van der Waals surface area contributed by atoms with Crippen LogP contribution in [0.4, 0.5) is 0 Å². The molecule has 0 aliphatic rings. The zero-order chi connectivity index (χ0) is 11.7. The van der Waals surface area contributed by atoms with Crippen LogP contribution in [0, 0.1) is 0 Å². The highest BCUT2D eigenvalue weighted by atomic mass is 35.5. The van der Waals surface area contributed by atoms with Gasteiger partial charge in [0, 0.05) is 23.9 Å². The van der Waals surface area contributed by atoms with Gasteiger partial charge in [-0.3, -0.25) is 0 Å². The summed E-state index contributed by atoms with van der Waals surface area (Å²) in [5, 5.41) is 2.73. The minimum Gasteiger partial charge on any atom is -0.346 e. The van der Waals surface area contributed by atoms with Gasteiger partial charge in [0.2, 0.25) is 0 Å². The van der Waals surface area contributed by atoms with Gasteiger partial charge in [0.1, 0.15) is 0 Å². The molecule has 1 aromatic heterocycles. The first-order valence-corrected chi connectivity index (χ1v) is 6.86. The zero-order valence-corrected chi connectivity index (χ0v) is 11.4. The molecule has 0 spiro atoms. The largest absolute Gasteiger partial charge is 0.346 e. The fraction of sp³-hybridized carbons (Fsp3) is 0.385. The monoisotopic (exact) mass is 253 g/mol. The van der Waals surface area contributed by atoms with Gasteiger partial charge in [0.25, 0.3) is 0 Å². The second-order valence-corrected chi connectivity index (χ2v) is 6.20. The highest BCUT2D eigenvalue weighted by molar-refractivity contribution is 7.99.